The van der Waals surface area contributed by atoms with Crippen molar-refractivity contribution >= 4 is 40.8 Å². The molecule has 1 aliphatic rings. The summed E-state index contributed by atoms with van der Waals surface area (Å²) in [5, 5.41) is 11.6. The molecule has 0 bridgehead atoms. The number of benzene rings is 1. The van der Waals surface area contributed by atoms with E-state index in [0.29, 0.717) is 0 Å². The topological polar surface area (TPSA) is 92.4 Å². The lowest BCUT2D eigenvalue weighted by molar-refractivity contribution is -0.118. The lowest BCUT2D eigenvalue weighted by atomic mass is 9.75. The molecule has 0 aromatic heterocycles. The average molecular weight is 317 g/mol. The monoisotopic (exact) mass is 316 g/mol. The molecule has 0 unspecified atom stereocenters. The number of carbonyl (C=O) groups is 2. The molecule has 4 N–H and O–H groups in total. The summed E-state index contributed by atoms with van der Waals surface area (Å²) in [6.45, 7) is 0. The second kappa shape index (κ2) is 5.60. The Morgan fingerprint density at radius 1 is 1.30 bits per heavy atom. The van der Waals surface area contributed by atoms with E-state index in [1.54, 1.807) is 0 Å². The Bertz CT molecular complexity index is 548. The Balaban J connectivity index is 2.13. The number of nitrogens with two attached hydrogens (primary N) is 1. The third kappa shape index (κ3) is 3.23. The number of hydrogen-bond donors (Lipinski definition) is 3. The molecule has 1 aliphatic carbocycles. The number of hydrogen-bond acceptors (Lipinski definition) is 3. The molecule has 5 nitrogen and oxygen atoms in total. The SMILES string of the molecule is NC1(CC(=O)Nc2c(Cl)cc(C(=O)O)cc2Cl)CCC1. The molecule has 1 amide bonds. The summed E-state index contributed by atoms with van der Waals surface area (Å²) in [4.78, 5) is 22.8. The van der Waals surface area contributed by atoms with Crippen LogP contribution in [-0.2, 0) is 4.79 Å². The van der Waals surface area contributed by atoms with Crippen molar-refractivity contribution in [1.82, 2.24) is 0 Å². The molecule has 0 saturated heterocycles. The van der Waals surface area contributed by atoms with E-state index in [0.717, 1.165) is 19.3 Å². The van der Waals surface area contributed by atoms with E-state index in [-0.39, 0.29) is 33.6 Å². The maximum atomic E-state index is 11.9. The summed E-state index contributed by atoms with van der Waals surface area (Å²) in [5.74, 6) is -1.42. The Kier molecular flexibility index (Phi) is 4.22. The minimum Gasteiger partial charge on any atom is -0.478 e. The molecule has 1 fully saturated rings. The van der Waals surface area contributed by atoms with E-state index in [9.17, 15) is 9.59 Å². The molecule has 7 heteroatoms. The first-order valence-electron chi connectivity index (χ1n) is 6.12. The summed E-state index contributed by atoms with van der Waals surface area (Å²) in [5.41, 5.74) is 5.73. The summed E-state index contributed by atoms with van der Waals surface area (Å²) < 4.78 is 0. The smallest absolute Gasteiger partial charge is 0.335 e. The highest BCUT2D eigenvalue weighted by Gasteiger charge is 2.34. The third-order valence-corrected chi connectivity index (χ3v) is 4.01. The largest absolute Gasteiger partial charge is 0.478 e. The van der Waals surface area contributed by atoms with Gasteiger partial charge in [0.1, 0.15) is 0 Å². The summed E-state index contributed by atoms with van der Waals surface area (Å²) >= 11 is 11.9. The lowest BCUT2D eigenvalue weighted by Gasteiger charge is -2.37. The maximum absolute atomic E-state index is 11.9. The van der Waals surface area contributed by atoms with E-state index < -0.39 is 11.5 Å². The predicted octanol–water partition coefficient (Wildman–Crippen LogP) is 2.90. The fourth-order valence-corrected chi connectivity index (χ4v) is 2.71. The van der Waals surface area contributed by atoms with Gasteiger partial charge in [-0.3, -0.25) is 4.79 Å². The van der Waals surface area contributed by atoms with Crippen LogP contribution in [0.2, 0.25) is 10.0 Å². The molecule has 20 heavy (non-hydrogen) atoms. The van der Waals surface area contributed by atoms with Crippen LogP contribution < -0.4 is 11.1 Å². The zero-order valence-corrected chi connectivity index (χ0v) is 12.1. The lowest BCUT2D eigenvalue weighted by Crippen LogP contribution is -2.48. The minimum absolute atomic E-state index is 0.0349. The van der Waals surface area contributed by atoms with Gasteiger partial charge in [-0.2, -0.15) is 0 Å². The first kappa shape index (κ1) is 15.1. The molecule has 0 spiro atoms. The van der Waals surface area contributed by atoms with Gasteiger partial charge in [-0.15, -0.1) is 0 Å². The number of nitrogens with one attached hydrogen (secondary N) is 1. The van der Waals surface area contributed by atoms with E-state index in [4.69, 9.17) is 34.0 Å². The molecule has 0 aliphatic heterocycles. The Hall–Kier alpha value is -1.30. The molecule has 0 radical (unpaired) electrons. The molecule has 108 valence electrons. The van der Waals surface area contributed by atoms with Gasteiger partial charge in [0.15, 0.2) is 0 Å². The summed E-state index contributed by atoms with van der Waals surface area (Å²) in [7, 11) is 0. The molecule has 2 rings (SSSR count). The van der Waals surface area contributed by atoms with Crippen molar-refractivity contribution in [3.63, 3.8) is 0 Å². The van der Waals surface area contributed by atoms with Crippen molar-refractivity contribution in [2.45, 2.75) is 31.2 Å². The van der Waals surface area contributed by atoms with Crippen LogP contribution in [0.3, 0.4) is 0 Å². The summed E-state index contributed by atoms with van der Waals surface area (Å²) in [6.07, 6.45) is 2.86. The van der Waals surface area contributed by atoms with Crippen molar-refractivity contribution in [2.24, 2.45) is 5.73 Å². The van der Waals surface area contributed by atoms with Gasteiger partial charge in [-0.1, -0.05) is 23.2 Å². The van der Waals surface area contributed by atoms with Crippen LogP contribution in [-0.4, -0.2) is 22.5 Å². The van der Waals surface area contributed by atoms with Crippen molar-refractivity contribution in [3.05, 3.63) is 27.7 Å². The normalized spacial score (nSPS) is 16.4. The number of carboxylic acids is 1. The van der Waals surface area contributed by atoms with Crippen LogP contribution in [0.4, 0.5) is 5.69 Å². The molecule has 1 saturated carbocycles. The van der Waals surface area contributed by atoms with Gasteiger partial charge in [0.25, 0.3) is 0 Å². The Morgan fingerprint density at radius 3 is 2.25 bits per heavy atom. The van der Waals surface area contributed by atoms with E-state index in [1.807, 2.05) is 0 Å². The van der Waals surface area contributed by atoms with Crippen LogP contribution in [0, 0.1) is 0 Å². The number of aromatic carboxylic acids is 1. The average Bonchev–Trinajstić information content (AvgIpc) is 2.31. The first-order valence-corrected chi connectivity index (χ1v) is 6.87. The van der Waals surface area contributed by atoms with Crippen molar-refractivity contribution in [3.8, 4) is 0 Å². The molecular formula is C13H14Cl2N2O3. The van der Waals surface area contributed by atoms with Crippen LogP contribution in [0.1, 0.15) is 36.0 Å². The zero-order chi connectivity index (χ0) is 14.9. The van der Waals surface area contributed by atoms with Crippen molar-refractivity contribution in [2.75, 3.05) is 5.32 Å². The molecule has 0 heterocycles. The molecule has 1 aromatic rings. The van der Waals surface area contributed by atoms with Gasteiger partial charge >= 0.3 is 5.97 Å². The van der Waals surface area contributed by atoms with Crippen LogP contribution in [0.5, 0.6) is 0 Å². The van der Waals surface area contributed by atoms with Gasteiger partial charge in [0.2, 0.25) is 5.91 Å². The van der Waals surface area contributed by atoms with Crippen LogP contribution >= 0.6 is 23.2 Å². The fourth-order valence-electron chi connectivity index (χ4n) is 2.13. The van der Waals surface area contributed by atoms with E-state index in [1.165, 1.54) is 12.1 Å². The number of carboxylic acid groups (broad SMARTS) is 1. The number of anilines is 1. The molecule has 1 aromatic carbocycles. The Morgan fingerprint density at radius 2 is 1.85 bits per heavy atom. The fraction of sp³-hybridized carbons (Fsp3) is 0.385. The maximum Gasteiger partial charge on any atom is 0.335 e. The van der Waals surface area contributed by atoms with Crippen molar-refractivity contribution < 1.29 is 14.7 Å². The number of carbonyl (C=O) groups excluding carboxylic acids is 1. The highest BCUT2D eigenvalue weighted by atomic mass is 35.5. The highest BCUT2D eigenvalue weighted by molar-refractivity contribution is 6.40. The van der Waals surface area contributed by atoms with Gasteiger partial charge in [-0.25, -0.2) is 4.79 Å². The van der Waals surface area contributed by atoms with E-state index in [2.05, 4.69) is 5.32 Å². The van der Waals surface area contributed by atoms with Crippen LogP contribution in [0.25, 0.3) is 0 Å². The minimum atomic E-state index is -1.14. The van der Waals surface area contributed by atoms with Gasteiger partial charge in [-0.05, 0) is 31.4 Å². The molecular weight excluding hydrogens is 303 g/mol. The Labute approximate surface area is 126 Å². The number of rotatable bonds is 4. The van der Waals surface area contributed by atoms with Gasteiger partial charge in [0.05, 0.1) is 21.3 Å². The predicted molar refractivity (Wildman–Crippen MR) is 77.4 cm³/mol. The standard InChI is InChI=1S/C13H14Cl2N2O3/c14-8-4-7(12(19)20)5-9(15)11(8)17-10(18)6-13(16)2-1-3-13/h4-5H,1-3,6,16H2,(H,17,18)(H,19,20). The van der Waals surface area contributed by atoms with E-state index >= 15 is 0 Å². The quantitative estimate of drug-likeness (QED) is 0.796. The highest BCUT2D eigenvalue weighted by Crippen LogP contribution is 2.35. The number of halogens is 2. The van der Waals surface area contributed by atoms with Gasteiger partial charge in [0, 0.05) is 12.0 Å². The molecule has 0 atom stereocenters. The summed E-state index contributed by atoms with van der Waals surface area (Å²) in [6, 6.07) is 2.49. The van der Waals surface area contributed by atoms with Crippen molar-refractivity contribution in [1.29, 1.82) is 0 Å². The number of amides is 1. The van der Waals surface area contributed by atoms with Gasteiger partial charge < -0.3 is 16.2 Å². The second-order valence-electron chi connectivity index (χ2n) is 5.06. The zero-order valence-electron chi connectivity index (χ0n) is 10.6. The third-order valence-electron chi connectivity index (χ3n) is 3.42. The first-order chi connectivity index (χ1) is 9.31. The van der Waals surface area contributed by atoms with Crippen LogP contribution in [0.15, 0.2) is 12.1 Å². The second-order valence-corrected chi connectivity index (χ2v) is 5.88.